The lowest BCUT2D eigenvalue weighted by molar-refractivity contribution is 0.724. The standard InChI is InChI=1S/C21H23N3SSi/c1-26(2,3)24-15-18(14-22-24)21-23-19(16-10-6-4-7-11-16)20(25-21)17-12-8-5-9-13-17/h4-15,19-20H,1-3H3. The molecule has 0 N–H and O–H groups in total. The zero-order valence-electron chi connectivity index (χ0n) is 15.3. The Hall–Kier alpha value is -2.11. The molecule has 0 bridgehead atoms. The Labute approximate surface area is 160 Å². The maximum Gasteiger partial charge on any atom is 0.175 e. The van der Waals surface area contributed by atoms with Gasteiger partial charge in [0.1, 0.15) is 5.04 Å². The zero-order chi connectivity index (χ0) is 18.1. The van der Waals surface area contributed by atoms with Crippen LogP contribution in [0.25, 0.3) is 0 Å². The maximum atomic E-state index is 5.12. The van der Waals surface area contributed by atoms with Crippen molar-refractivity contribution in [3.8, 4) is 0 Å². The van der Waals surface area contributed by atoms with Gasteiger partial charge >= 0.3 is 0 Å². The second kappa shape index (κ2) is 6.89. The van der Waals surface area contributed by atoms with E-state index in [0.717, 1.165) is 10.6 Å². The Morgan fingerprint density at radius 1 is 0.885 bits per heavy atom. The number of benzene rings is 2. The Bertz CT molecular complexity index is 913. The van der Waals surface area contributed by atoms with Crippen LogP contribution in [0, 0.1) is 0 Å². The molecule has 0 radical (unpaired) electrons. The summed E-state index contributed by atoms with van der Waals surface area (Å²) in [6, 6.07) is 21.4. The molecule has 2 atom stereocenters. The van der Waals surface area contributed by atoms with E-state index < -0.39 is 8.24 Å². The molecule has 1 aliphatic rings. The number of aliphatic imine (C=N–C) groups is 1. The van der Waals surface area contributed by atoms with Crippen molar-refractivity contribution < 1.29 is 0 Å². The van der Waals surface area contributed by atoms with Crippen LogP contribution in [0.4, 0.5) is 0 Å². The van der Waals surface area contributed by atoms with Crippen LogP contribution >= 0.6 is 11.8 Å². The average Bonchev–Trinajstić information content (AvgIpc) is 3.30. The largest absolute Gasteiger partial charge is 0.301 e. The average molecular weight is 378 g/mol. The highest BCUT2D eigenvalue weighted by Gasteiger charge is 2.33. The van der Waals surface area contributed by atoms with Gasteiger partial charge in [-0.3, -0.25) is 4.99 Å². The molecule has 2 unspecified atom stereocenters. The summed E-state index contributed by atoms with van der Waals surface area (Å²) in [5.74, 6) is 0. The minimum Gasteiger partial charge on any atom is -0.301 e. The van der Waals surface area contributed by atoms with Crippen molar-refractivity contribution in [2.45, 2.75) is 30.9 Å². The number of thioether (sulfide) groups is 1. The summed E-state index contributed by atoms with van der Waals surface area (Å²) < 4.78 is 2.15. The van der Waals surface area contributed by atoms with Crippen LogP contribution in [0.5, 0.6) is 0 Å². The molecule has 2 heterocycles. The van der Waals surface area contributed by atoms with Gasteiger partial charge in [-0.1, -0.05) is 72.4 Å². The monoisotopic (exact) mass is 377 g/mol. The highest BCUT2D eigenvalue weighted by Crippen LogP contribution is 2.49. The summed E-state index contributed by atoms with van der Waals surface area (Å²) in [4.78, 5) is 5.12. The van der Waals surface area contributed by atoms with E-state index in [0.29, 0.717) is 5.25 Å². The van der Waals surface area contributed by atoms with Gasteiger partial charge < -0.3 is 4.35 Å². The van der Waals surface area contributed by atoms with Crippen molar-refractivity contribution in [3.63, 3.8) is 0 Å². The highest BCUT2D eigenvalue weighted by molar-refractivity contribution is 8.14. The van der Waals surface area contributed by atoms with Crippen LogP contribution in [0.2, 0.25) is 19.6 Å². The molecular formula is C21H23N3SSi. The first-order chi connectivity index (χ1) is 12.5. The van der Waals surface area contributed by atoms with Crippen LogP contribution in [-0.4, -0.2) is 22.7 Å². The van der Waals surface area contributed by atoms with Crippen molar-refractivity contribution >= 4 is 25.0 Å². The lowest BCUT2D eigenvalue weighted by Gasteiger charge is -2.17. The molecule has 0 aliphatic carbocycles. The van der Waals surface area contributed by atoms with Crippen LogP contribution < -0.4 is 0 Å². The van der Waals surface area contributed by atoms with E-state index in [9.17, 15) is 0 Å². The third-order valence-corrected chi connectivity index (χ3v) is 7.54. The second-order valence-corrected chi connectivity index (χ2v) is 13.5. The molecule has 0 saturated heterocycles. The molecule has 5 heteroatoms. The first-order valence-electron chi connectivity index (χ1n) is 8.92. The molecule has 1 aliphatic heterocycles. The van der Waals surface area contributed by atoms with Crippen molar-refractivity contribution in [2.24, 2.45) is 4.99 Å². The minimum absolute atomic E-state index is 0.133. The van der Waals surface area contributed by atoms with Gasteiger partial charge in [0.2, 0.25) is 0 Å². The van der Waals surface area contributed by atoms with Gasteiger partial charge in [-0.25, -0.2) is 0 Å². The van der Waals surface area contributed by atoms with Gasteiger partial charge in [0.05, 0.1) is 17.5 Å². The first-order valence-corrected chi connectivity index (χ1v) is 13.2. The summed E-state index contributed by atoms with van der Waals surface area (Å²) in [5.41, 5.74) is 3.72. The molecule has 3 nitrogen and oxygen atoms in total. The van der Waals surface area contributed by atoms with E-state index in [-0.39, 0.29) is 6.04 Å². The molecular weight excluding hydrogens is 354 g/mol. The molecule has 3 aromatic rings. The number of hydrogen-bond donors (Lipinski definition) is 0. The van der Waals surface area contributed by atoms with Gasteiger partial charge in [-0.05, 0) is 30.8 Å². The van der Waals surface area contributed by atoms with Gasteiger partial charge in [0.25, 0.3) is 0 Å². The fourth-order valence-corrected chi connectivity index (χ4v) is 5.37. The SMILES string of the molecule is C[Si](C)(C)n1cc(C2=NC(c3ccccc3)C(c3ccccc3)S2)cn1. The van der Waals surface area contributed by atoms with Crippen LogP contribution in [-0.2, 0) is 0 Å². The third-order valence-electron chi connectivity index (χ3n) is 4.57. The Kier molecular flexibility index (Phi) is 4.59. The van der Waals surface area contributed by atoms with Crippen LogP contribution in [0.3, 0.4) is 0 Å². The van der Waals surface area contributed by atoms with Crippen molar-refractivity contribution in [3.05, 3.63) is 89.7 Å². The van der Waals surface area contributed by atoms with Crippen molar-refractivity contribution in [1.29, 1.82) is 0 Å². The molecule has 0 amide bonds. The Morgan fingerprint density at radius 2 is 1.50 bits per heavy atom. The molecule has 26 heavy (non-hydrogen) atoms. The number of hydrogen-bond acceptors (Lipinski definition) is 3. The molecule has 2 aromatic carbocycles. The number of rotatable bonds is 4. The molecule has 0 fully saturated rings. The lowest BCUT2D eigenvalue weighted by atomic mass is 9.99. The molecule has 1 aromatic heterocycles. The van der Waals surface area contributed by atoms with Gasteiger partial charge in [-0.2, -0.15) is 5.10 Å². The summed E-state index contributed by atoms with van der Waals surface area (Å²) in [7, 11) is -1.48. The molecule has 4 rings (SSSR count). The predicted molar refractivity (Wildman–Crippen MR) is 113 cm³/mol. The molecule has 0 saturated carbocycles. The van der Waals surface area contributed by atoms with E-state index in [1.54, 1.807) is 0 Å². The Morgan fingerprint density at radius 3 is 2.08 bits per heavy atom. The summed E-state index contributed by atoms with van der Waals surface area (Å²) >= 11 is 1.86. The van der Waals surface area contributed by atoms with Crippen molar-refractivity contribution in [1.82, 2.24) is 9.45 Å². The normalized spacial score (nSPS) is 20.2. The van der Waals surface area contributed by atoms with Gasteiger partial charge in [0.15, 0.2) is 8.24 Å². The van der Waals surface area contributed by atoms with E-state index in [2.05, 4.69) is 95.9 Å². The molecule has 0 spiro atoms. The van der Waals surface area contributed by atoms with E-state index in [4.69, 9.17) is 4.99 Å². The maximum absolute atomic E-state index is 5.12. The molecule has 132 valence electrons. The fourth-order valence-electron chi connectivity index (χ4n) is 3.14. The van der Waals surface area contributed by atoms with Crippen molar-refractivity contribution in [2.75, 3.05) is 0 Å². The van der Waals surface area contributed by atoms with E-state index in [1.165, 1.54) is 11.1 Å². The summed E-state index contributed by atoms with van der Waals surface area (Å²) in [5, 5.41) is 6.00. The highest BCUT2D eigenvalue weighted by atomic mass is 32.2. The van der Waals surface area contributed by atoms with Crippen LogP contribution in [0.15, 0.2) is 78.0 Å². The number of nitrogens with zero attached hydrogens (tertiary/aromatic N) is 3. The zero-order valence-corrected chi connectivity index (χ0v) is 17.1. The quantitative estimate of drug-likeness (QED) is 0.559. The minimum atomic E-state index is -1.48. The third kappa shape index (κ3) is 3.41. The smallest absolute Gasteiger partial charge is 0.175 e. The Balaban J connectivity index is 1.72. The fraction of sp³-hybridized carbons (Fsp3) is 0.238. The predicted octanol–water partition coefficient (Wildman–Crippen LogP) is 5.54. The van der Waals surface area contributed by atoms with Gasteiger partial charge in [0, 0.05) is 11.8 Å². The summed E-state index contributed by atoms with van der Waals surface area (Å²) in [6.07, 6.45) is 4.15. The number of aromatic nitrogens is 2. The summed E-state index contributed by atoms with van der Waals surface area (Å²) in [6.45, 7) is 6.90. The van der Waals surface area contributed by atoms with Gasteiger partial charge in [-0.15, -0.1) is 0 Å². The second-order valence-electron chi connectivity index (χ2n) is 7.58. The van der Waals surface area contributed by atoms with Crippen LogP contribution in [0.1, 0.15) is 28.0 Å². The lowest BCUT2D eigenvalue weighted by Crippen LogP contribution is -2.32. The van der Waals surface area contributed by atoms with E-state index >= 15 is 0 Å². The first kappa shape index (κ1) is 17.3. The van der Waals surface area contributed by atoms with E-state index in [1.807, 2.05) is 18.0 Å². The topological polar surface area (TPSA) is 30.2 Å².